The lowest BCUT2D eigenvalue weighted by molar-refractivity contribution is -0.144. The molecule has 0 aliphatic heterocycles. The molecule has 0 bridgehead atoms. The molecule has 0 radical (unpaired) electrons. The highest BCUT2D eigenvalue weighted by atomic mass is 16.5. The summed E-state index contributed by atoms with van der Waals surface area (Å²) in [7, 11) is 0. The van der Waals surface area contributed by atoms with Gasteiger partial charge >= 0.3 is 12.1 Å². The maximum Gasteiger partial charge on any atom is 0.407 e. The minimum Gasteiger partial charge on any atom is -0.481 e. The number of ether oxygens (including phenoxy) is 1. The monoisotopic (exact) mass is 478 g/mol. The van der Waals surface area contributed by atoms with E-state index in [4.69, 9.17) is 4.74 Å². The molecule has 4 rings (SSSR count). The summed E-state index contributed by atoms with van der Waals surface area (Å²) in [6.45, 7) is 4.45. The normalized spacial score (nSPS) is 16.1. The average Bonchev–Trinajstić information content (AvgIpc) is 3.63. The van der Waals surface area contributed by atoms with Crippen molar-refractivity contribution in [3.63, 3.8) is 0 Å². The summed E-state index contributed by atoms with van der Waals surface area (Å²) >= 11 is 0. The van der Waals surface area contributed by atoms with Crippen LogP contribution >= 0.6 is 0 Å². The van der Waals surface area contributed by atoms with Gasteiger partial charge in [-0.1, -0.05) is 68.3 Å². The molecule has 0 heterocycles. The molecule has 7 nitrogen and oxygen atoms in total. The first kappa shape index (κ1) is 24.8. The number of carboxylic acids is 1. The molecular weight excluding hydrogens is 444 g/mol. The van der Waals surface area contributed by atoms with Crippen molar-refractivity contribution in [2.24, 2.45) is 17.8 Å². The van der Waals surface area contributed by atoms with Gasteiger partial charge in [-0.15, -0.1) is 0 Å². The lowest BCUT2D eigenvalue weighted by atomic mass is 9.98. The summed E-state index contributed by atoms with van der Waals surface area (Å²) in [6, 6.07) is 16.3. The highest BCUT2D eigenvalue weighted by Crippen LogP contribution is 2.44. The maximum absolute atomic E-state index is 13.2. The Bertz CT molecular complexity index is 1040. The number of carbonyl (C=O) groups is 3. The second-order valence-corrected chi connectivity index (χ2v) is 9.70. The number of alkyl carbamates (subject to hydrolysis) is 1. The molecule has 0 spiro atoms. The van der Waals surface area contributed by atoms with Crippen LogP contribution in [0.25, 0.3) is 11.1 Å². The molecule has 1 saturated carbocycles. The number of aliphatic carboxylic acids is 1. The van der Waals surface area contributed by atoms with Crippen LogP contribution in [0.5, 0.6) is 0 Å². The van der Waals surface area contributed by atoms with Crippen molar-refractivity contribution in [2.45, 2.75) is 39.0 Å². The molecule has 2 amide bonds. The Balaban J connectivity index is 1.35. The van der Waals surface area contributed by atoms with E-state index in [0.29, 0.717) is 18.9 Å². The fourth-order valence-corrected chi connectivity index (χ4v) is 4.93. The third kappa shape index (κ3) is 5.84. The standard InChI is InChI=1S/C28H34N2O5/c1-3-30(16-18(2)27(32)33)26(31)20(14-19-12-13-19)15-29-28(34)35-17-25-23-10-6-4-8-21(23)22-9-5-7-11-24(22)25/h4-11,18-20,25H,3,12-17H2,1-2H3,(H,29,34)(H,32,33). The number of amides is 2. The van der Waals surface area contributed by atoms with Crippen LogP contribution < -0.4 is 5.32 Å². The number of hydrogen-bond donors (Lipinski definition) is 2. The van der Waals surface area contributed by atoms with Crippen LogP contribution in [0.3, 0.4) is 0 Å². The van der Waals surface area contributed by atoms with Crippen molar-refractivity contribution in [1.29, 1.82) is 0 Å². The van der Waals surface area contributed by atoms with E-state index in [0.717, 1.165) is 24.0 Å². The van der Waals surface area contributed by atoms with Crippen molar-refractivity contribution >= 4 is 18.0 Å². The summed E-state index contributed by atoms with van der Waals surface area (Å²) < 4.78 is 5.62. The van der Waals surface area contributed by atoms with E-state index in [1.54, 1.807) is 11.8 Å². The second-order valence-electron chi connectivity index (χ2n) is 9.70. The van der Waals surface area contributed by atoms with Crippen molar-refractivity contribution in [3.05, 3.63) is 59.7 Å². The van der Waals surface area contributed by atoms with Gasteiger partial charge in [-0.3, -0.25) is 9.59 Å². The average molecular weight is 479 g/mol. The summed E-state index contributed by atoms with van der Waals surface area (Å²) in [5, 5.41) is 12.0. The Hall–Kier alpha value is -3.35. The van der Waals surface area contributed by atoms with E-state index >= 15 is 0 Å². The zero-order valence-corrected chi connectivity index (χ0v) is 20.4. The van der Waals surface area contributed by atoms with Crippen LogP contribution in [0.1, 0.15) is 50.2 Å². The Labute approximate surface area is 206 Å². The zero-order valence-electron chi connectivity index (χ0n) is 20.4. The van der Waals surface area contributed by atoms with Gasteiger partial charge in [-0.25, -0.2) is 4.79 Å². The Morgan fingerprint density at radius 2 is 1.66 bits per heavy atom. The second kappa shape index (κ2) is 10.9. The van der Waals surface area contributed by atoms with E-state index in [2.05, 4.69) is 29.6 Å². The number of rotatable bonds is 11. The van der Waals surface area contributed by atoms with Crippen LogP contribution in [0, 0.1) is 17.8 Å². The first-order chi connectivity index (χ1) is 16.9. The third-order valence-electron chi connectivity index (χ3n) is 7.11. The van der Waals surface area contributed by atoms with Gasteiger partial charge in [0, 0.05) is 25.6 Å². The molecule has 2 aromatic rings. The largest absolute Gasteiger partial charge is 0.481 e. The maximum atomic E-state index is 13.2. The highest BCUT2D eigenvalue weighted by Gasteiger charge is 2.33. The molecule has 2 aromatic carbocycles. The van der Waals surface area contributed by atoms with E-state index in [-0.39, 0.29) is 37.4 Å². The molecule has 2 aliphatic carbocycles. The first-order valence-corrected chi connectivity index (χ1v) is 12.5. The van der Waals surface area contributed by atoms with Gasteiger partial charge in [0.15, 0.2) is 0 Å². The van der Waals surface area contributed by atoms with Gasteiger partial charge in [-0.2, -0.15) is 0 Å². The number of hydrogen-bond acceptors (Lipinski definition) is 4. The van der Waals surface area contributed by atoms with Crippen LogP contribution in [0.15, 0.2) is 48.5 Å². The molecule has 2 unspecified atom stereocenters. The molecule has 0 saturated heterocycles. The predicted octanol–water partition coefficient (Wildman–Crippen LogP) is 4.51. The zero-order chi connectivity index (χ0) is 24.9. The lowest BCUT2D eigenvalue weighted by Crippen LogP contribution is -2.44. The molecule has 2 N–H and O–H groups in total. The number of benzene rings is 2. The lowest BCUT2D eigenvalue weighted by Gasteiger charge is -2.28. The van der Waals surface area contributed by atoms with Gasteiger partial charge in [0.25, 0.3) is 0 Å². The molecule has 1 fully saturated rings. The van der Waals surface area contributed by atoms with Gasteiger partial charge in [0.05, 0.1) is 11.8 Å². The van der Waals surface area contributed by atoms with Gasteiger partial charge in [0.1, 0.15) is 6.61 Å². The quantitative estimate of drug-likeness (QED) is 0.495. The van der Waals surface area contributed by atoms with Crippen LogP contribution in [0.4, 0.5) is 4.79 Å². The molecule has 2 atom stereocenters. The number of carboxylic acid groups (broad SMARTS) is 1. The first-order valence-electron chi connectivity index (χ1n) is 12.5. The molecule has 0 aromatic heterocycles. The highest BCUT2D eigenvalue weighted by molar-refractivity contribution is 5.81. The molecular formula is C28H34N2O5. The SMILES string of the molecule is CCN(CC(C)C(=O)O)C(=O)C(CNC(=O)OCC1c2ccccc2-c2ccccc21)CC1CC1. The Morgan fingerprint density at radius 1 is 1.06 bits per heavy atom. The van der Waals surface area contributed by atoms with Gasteiger partial charge in [-0.05, 0) is 41.5 Å². The van der Waals surface area contributed by atoms with Crippen LogP contribution in [-0.4, -0.2) is 54.2 Å². The van der Waals surface area contributed by atoms with E-state index in [1.165, 1.54) is 11.1 Å². The van der Waals surface area contributed by atoms with E-state index < -0.39 is 18.0 Å². The number of fused-ring (bicyclic) bond motifs is 3. The van der Waals surface area contributed by atoms with Crippen molar-refractivity contribution in [3.8, 4) is 11.1 Å². The predicted molar refractivity (Wildman–Crippen MR) is 133 cm³/mol. The number of nitrogens with one attached hydrogen (secondary N) is 1. The minimum atomic E-state index is -0.924. The molecule has 35 heavy (non-hydrogen) atoms. The Morgan fingerprint density at radius 3 is 2.20 bits per heavy atom. The van der Waals surface area contributed by atoms with Crippen LogP contribution in [-0.2, 0) is 14.3 Å². The van der Waals surface area contributed by atoms with Crippen LogP contribution in [0.2, 0.25) is 0 Å². The fraction of sp³-hybridized carbons (Fsp3) is 0.464. The fourth-order valence-electron chi connectivity index (χ4n) is 4.93. The van der Waals surface area contributed by atoms with Crippen molar-refractivity contribution < 1.29 is 24.2 Å². The minimum absolute atomic E-state index is 0.0230. The summed E-state index contributed by atoms with van der Waals surface area (Å²) in [5.74, 6) is -1.59. The summed E-state index contributed by atoms with van der Waals surface area (Å²) in [5.41, 5.74) is 4.63. The Kier molecular flexibility index (Phi) is 7.73. The molecule has 7 heteroatoms. The number of carbonyl (C=O) groups excluding carboxylic acids is 2. The van der Waals surface area contributed by atoms with E-state index in [1.807, 2.05) is 31.2 Å². The smallest absolute Gasteiger partial charge is 0.407 e. The van der Waals surface area contributed by atoms with Crippen molar-refractivity contribution in [1.82, 2.24) is 10.2 Å². The van der Waals surface area contributed by atoms with Gasteiger partial charge in [0.2, 0.25) is 5.91 Å². The topological polar surface area (TPSA) is 95.9 Å². The molecule has 186 valence electrons. The van der Waals surface area contributed by atoms with Crippen molar-refractivity contribution in [2.75, 3.05) is 26.2 Å². The number of nitrogens with zero attached hydrogens (tertiary/aromatic N) is 1. The van der Waals surface area contributed by atoms with E-state index in [9.17, 15) is 19.5 Å². The summed E-state index contributed by atoms with van der Waals surface area (Å²) in [6.07, 6.45) is 2.33. The molecule has 2 aliphatic rings. The third-order valence-corrected chi connectivity index (χ3v) is 7.11. The summed E-state index contributed by atoms with van der Waals surface area (Å²) in [4.78, 5) is 38.7. The van der Waals surface area contributed by atoms with Gasteiger partial charge < -0.3 is 20.1 Å².